The Kier molecular flexibility index (Phi) is 3.97. The van der Waals surface area contributed by atoms with Crippen molar-refractivity contribution in [3.05, 3.63) is 0 Å². The molecule has 0 aliphatic carbocycles. The van der Waals surface area contributed by atoms with Crippen molar-refractivity contribution in [3.63, 3.8) is 0 Å². The lowest BCUT2D eigenvalue weighted by Crippen LogP contribution is -2.27. The second-order valence-electron chi connectivity index (χ2n) is 1.72. The van der Waals surface area contributed by atoms with Gasteiger partial charge in [-0.2, -0.15) is 0 Å². The van der Waals surface area contributed by atoms with Gasteiger partial charge in [0.25, 0.3) is 5.91 Å². The number of hydrogen-bond donors (Lipinski definition) is 1. The van der Waals surface area contributed by atoms with Gasteiger partial charge in [0.2, 0.25) is 0 Å². The quantitative estimate of drug-likeness (QED) is 0.546. The molecule has 0 bridgehead atoms. The maximum atomic E-state index is 10.5. The third-order valence-electron chi connectivity index (χ3n) is 0.972. The van der Waals surface area contributed by atoms with Crippen LogP contribution in [0.15, 0.2) is 0 Å². The van der Waals surface area contributed by atoms with Crippen molar-refractivity contribution >= 4 is 11.7 Å². The fourth-order valence-electron chi connectivity index (χ4n) is 0.355. The summed E-state index contributed by atoms with van der Waals surface area (Å²) in [7, 11) is 0. The summed E-state index contributed by atoms with van der Waals surface area (Å²) < 4.78 is 0. The number of terminal acetylenes is 1. The van der Waals surface area contributed by atoms with Crippen LogP contribution >= 0.6 is 0 Å². The van der Waals surface area contributed by atoms with Crippen molar-refractivity contribution in [2.75, 3.05) is 6.54 Å². The minimum absolute atomic E-state index is 0.0244. The van der Waals surface area contributed by atoms with E-state index in [9.17, 15) is 9.59 Å². The number of carbonyl (C=O) groups excluding carboxylic acids is 2. The zero-order chi connectivity index (χ0) is 7.98. The molecule has 0 radical (unpaired) electrons. The van der Waals surface area contributed by atoms with Crippen LogP contribution in [0.1, 0.15) is 13.3 Å². The molecule has 0 aliphatic rings. The summed E-state index contributed by atoms with van der Waals surface area (Å²) >= 11 is 0. The SMILES string of the molecule is C#CC(=O)NCC(=O)CC. The maximum Gasteiger partial charge on any atom is 0.295 e. The molecule has 10 heavy (non-hydrogen) atoms. The average molecular weight is 139 g/mol. The molecule has 0 saturated carbocycles. The van der Waals surface area contributed by atoms with Crippen molar-refractivity contribution in [1.82, 2.24) is 5.32 Å². The first-order valence-corrected chi connectivity index (χ1v) is 2.96. The molecule has 0 rings (SSSR count). The van der Waals surface area contributed by atoms with Gasteiger partial charge in [-0.15, -0.1) is 6.42 Å². The standard InChI is InChI=1S/C7H9NO2/c1-3-6(9)5-8-7(10)4-2/h2H,3,5H2,1H3,(H,8,10). The van der Waals surface area contributed by atoms with Gasteiger partial charge >= 0.3 is 0 Å². The molecule has 0 spiro atoms. The molecule has 54 valence electrons. The molecule has 0 aromatic rings. The molecule has 0 aromatic heterocycles. The van der Waals surface area contributed by atoms with Gasteiger partial charge in [0.05, 0.1) is 6.54 Å². The molecule has 0 atom stereocenters. The van der Waals surface area contributed by atoms with Crippen LogP contribution in [0.25, 0.3) is 0 Å². The second kappa shape index (κ2) is 4.57. The monoisotopic (exact) mass is 139 g/mol. The number of nitrogens with one attached hydrogen (secondary N) is 1. The molecule has 0 aliphatic heterocycles. The summed E-state index contributed by atoms with van der Waals surface area (Å²) in [4.78, 5) is 20.9. The smallest absolute Gasteiger partial charge is 0.295 e. The Hall–Kier alpha value is -1.30. The molecule has 0 fully saturated rings. The first-order valence-electron chi connectivity index (χ1n) is 2.96. The highest BCUT2D eigenvalue weighted by Gasteiger charge is 1.98. The van der Waals surface area contributed by atoms with Crippen LogP contribution in [-0.4, -0.2) is 18.2 Å². The minimum Gasteiger partial charge on any atom is -0.338 e. The number of rotatable bonds is 3. The lowest BCUT2D eigenvalue weighted by atomic mass is 10.3. The molecule has 3 heteroatoms. The first kappa shape index (κ1) is 8.70. The summed E-state index contributed by atoms with van der Waals surface area (Å²) in [6, 6.07) is 0. The van der Waals surface area contributed by atoms with Gasteiger partial charge in [0, 0.05) is 6.42 Å². The summed E-state index contributed by atoms with van der Waals surface area (Å²) in [6.45, 7) is 1.77. The summed E-state index contributed by atoms with van der Waals surface area (Å²) in [5, 5.41) is 2.26. The van der Waals surface area contributed by atoms with E-state index in [0.29, 0.717) is 6.42 Å². The van der Waals surface area contributed by atoms with E-state index in [2.05, 4.69) is 5.32 Å². The van der Waals surface area contributed by atoms with Crippen LogP contribution in [0, 0.1) is 12.3 Å². The average Bonchev–Trinajstić information content (AvgIpc) is 1.99. The molecule has 1 amide bonds. The topological polar surface area (TPSA) is 46.2 Å². The molecule has 0 heterocycles. The summed E-state index contributed by atoms with van der Waals surface area (Å²) in [6.07, 6.45) is 5.15. The Bertz CT molecular complexity index is 179. The number of hydrogen-bond acceptors (Lipinski definition) is 2. The highest BCUT2D eigenvalue weighted by atomic mass is 16.2. The second-order valence-corrected chi connectivity index (χ2v) is 1.72. The van der Waals surface area contributed by atoms with Crippen molar-refractivity contribution < 1.29 is 9.59 Å². The lowest BCUT2D eigenvalue weighted by Gasteiger charge is -1.95. The van der Waals surface area contributed by atoms with Gasteiger partial charge in [-0.25, -0.2) is 0 Å². The van der Waals surface area contributed by atoms with Crippen molar-refractivity contribution in [3.8, 4) is 12.3 Å². The number of carbonyl (C=O) groups is 2. The Balaban J connectivity index is 3.48. The van der Waals surface area contributed by atoms with Crippen LogP contribution in [0.5, 0.6) is 0 Å². The molecule has 0 unspecified atom stereocenters. The number of Topliss-reactive ketones (excluding diaryl/α,β-unsaturated/α-hetero) is 1. The predicted octanol–water partition coefficient (Wildman–Crippen LogP) is -0.285. The largest absolute Gasteiger partial charge is 0.338 e. The fourth-order valence-corrected chi connectivity index (χ4v) is 0.355. The first-order chi connectivity index (χ1) is 4.70. The zero-order valence-corrected chi connectivity index (χ0v) is 5.81. The highest BCUT2D eigenvalue weighted by Crippen LogP contribution is 1.76. The van der Waals surface area contributed by atoms with Crippen LogP contribution in [-0.2, 0) is 9.59 Å². The Morgan fingerprint density at radius 1 is 1.60 bits per heavy atom. The van der Waals surface area contributed by atoms with Gasteiger partial charge < -0.3 is 5.32 Å². The van der Waals surface area contributed by atoms with Crippen molar-refractivity contribution in [2.45, 2.75) is 13.3 Å². The zero-order valence-electron chi connectivity index (χ0n) is 5.81. The minimum atomic E-state index is -0.540. The van der Waals surface area contributed by atoms with E-state index in [1.165, 1.54) is 0 Å². The Morgan fingerprint density at radius 2 is 2.20 bits per heavy atom. The van der Waals surface area contributed by atoms with Crippen molar-refractivity contribution in [1.29, 1.82) is 0 Å². The highest BCUT2D eigenvalue weighted by molar-refractivity contribution is 5.95. The number of amides is 1. The van der Waals surface area contributed by atoms with Crippen LogP contribution < -0.4 is 5.32 Å². The van der Waals surface area contributed by atoms with Gasteiger partial charge in [-0.3, -0.25) is 9.59 Å². The molecular weight excluding hydrogens is 130 g/mol. The van der Waals surface area contributed by atoms with Gasteiger partial charge in [0.15, 0.2) is 5.78 Å². The third kappa shape index (κ3) is 3.67. The molecule has 3 nitrogen and oxygen atoms in total. The van der Waals surface area contributed by atoms with E-state index in [0.717, 1.165) is 0 Å². The Labute approximate surface area is 59.8 Å². The molecule has 0 saturated heterocycles. The van der Waals surface area contributed by atoms with Gasteiger partial charge in [0.1, 0.15) is 0 Å². The maximum absolute atomic E-state index is 10.5. The van der Waals surface area contributed by atoms with E-state index >= 15 is 0 Å². The number of ketones is 1. The van der Waals surface area contributed by atoms with Crippen LogP contribution in [0.4, 0.5) is 0 Å². The van der Waals surface area contributed by atoms with Crippen molar-refractivity contribution in [2.24, 2.45) is 0 Å². The Morgan fingerprint density at radius 3 is 2.60 bits per heavy atom. The predicted molar refractivity (Wildman–Crippen MR) is 37.1 cm³/mol. The summed E-state index contributed by atoms with van der Waals surface area (Å²) in [5.41, 5.74) is 0. The van der Waals surface area contributed by atoms with E-state index in [1.54, 1.807) is 6.92 Å². The van der Waals surface area contributed by atoms with Gasteiger partial charge in [-0.1, -0.05) is 6.92 Å². The van der Waals surface area contributed by atoms with E-state index in [4.69, 9.17) is 6.42 Å². The fraction of sp³-hybridized carbons (Fsp3) is 0.429. The van der Waals surface area contributed by atoms with Crippen LogP contribution in [0.2, 0.25) is 0 Å². The molecular formula is C7H9NO2. The normalized spacial score (nSPS) is 8.00. The van der Waals surface area contributed by atoms with E-state index in [1.807, 2.05) is 5.92 Å². The third-order valence-corrected chi connectivity index (χ3v) is 0.972. The molecule has 0 aromatic carbocycles. The van der Waals surface area contributed by atoms with E-state index in [-0.39, 0.29) is 12.3 Å². The van der Waals surface area contributed by atoms with E-state index < -0.39 is 5.91 Å². The molecule has 1 N–H and O–H groups in total. The van der Waals surface area contributed by atoms with Crippen LogP contribution in [0.3, 0.4) is 0 Å². The van der Waals surface area contributed by atoms with Gasteiger partial charge in [-0.05, 0) is 5.92 Å². The lowest BCUT2D eigenvalue weighted by molar-refractivity contribution is -0.122. The summed E-state index contributed by atoms with van der Waals surface area (Å²) in [5.74, 6) is 1.28.